The molecule has 0 fully saturated rings. The van der Waals surface area contributed by atoms with Gasteiger partial charge < -0.3 is 5.73 Å². The van der Waals surface area contributed by atoms with Crippen LogP contribution in [-0.2, 0) is 0 Å². The molecular formula is C13H11N3S. The largest absolute Gasteiger partial charge is 0.375 e. The Kier molecular flexibility index (Phi) is 2.23. The molecule has 3 nitrogen and oxygen atoms in total. The maximum Gasteiger partial charge on any atom is 0.182 e. The van der Waals surface area contributed by atoms with E-state index < -0.39 is 0 Å². The van der Waals surface area contributed by atoms with Crippen LogP contribution in [0.1, 0.15) is 11.1 Å². The van der Waals surface area contributed by atoms with Gasteiger partial charge in [0.2, 0.25) is 0 Å². The van der Waals surface area contributed by atoms with E-state index in [2.05, 4.69) is 47.3 Å². The third-order valence-electron chi connectivity index (χ3n) is 2.85. The Morgan fingerprint density at radius 1 is 1.12 bits per heavy atom. The van der Waals surface area contributed by atoms with Gasteiger partial charge in [-0.15, -0.1) is 0 Å². The van der Waals surface area contributed by atoms with Crippen LogP contribution in [-0.4, -0.2) is 5.11 Å². The predicted octanol–water partition coefficient (Wildman–Crippen LogP) is 1.99. The monoisotopic (exact) mass is 241 g/mol. The first-order chi connectivity index (χ1) is 8.25. The highest BCUT2D eigenvalue weighted by Crippen LogP contribution is 2.34. The smallest absolute Gasteiger partial charge is 0.182 e. The van der Waals surface area contributed by atoms with Crippen LogP contribution < -0.4 is 16.6 Å². The molecule has 0 saturated heterocycles. The second-order valence-electron chi connectivity index (χ2n) is 3.92. The zero-order valence-corrected chi connectivity index (χ0v) is 9.84. The number of hydrazine groups is 1. The summed E-state index contributed by atoms with van der Waals surface area (Å²) in [4.78, 5) is 0. The van der Waals surface area contributed by atoms with Crippen molar-refractivity contribution >= 4 is 39.9 Å². The van der Waals surface area contributed by atoms with Crippen molar-refractivity contribution in [2.24, 2.45) is 5.73 Å². The molecule has 0 amide bonds. The van der Waals surface area contributed by atoms with Crippen LogP contribution in [0.5, 0.6) is 0 Å². The first-order valence-electron chi connectivity index (χ1n) is 5.31. The van der Waals surface area contributed by atoms with E-state index in [4.69, 9.17) is 18.0 Å². The van der Waals surface area contributed by atoms with Crippen molar-refractivity contribution in [2.45, 2.75) is 0 Å². The van der Waals surface area contributed by atoms with Gasteiger partial charge in [0, 0.05) is 5.56 Å². The quantitative estimate of drug-likeness (QED) is 0.556. The van der Waals surface area contributed by atoms with Crippen molar-refractivity contribution in [3.8, 4) is 0 Å². The molecule has 3 rings (SSSR count). The van der Waals surface area contributed by atoms with Gasteiger partial charge in [-0.05, 0) is 34.6 Å². The number of hydrogen-bond donors (Lipinski definition) is 3. The van der Waals surface area contributed by atoms with E-state index in [1.54, 1.807) is 0 Å². The van der Waals surface area contributed by atoms with Crippen LogP contribution in [0.3, 0.4) is 0 Å². The molecule has 0 aromatic heterocycles. The summed E-state index contributed by atoms with van der Waals surface area (Å²) in [5, 5.41) is 2.74. The summed E-state index contributed by atoms with van der Waals surface area (Å²) in [5.74, 6) is 0. The van der Waals surface area contributed by atoms with Gasteiger partial charge in [-0.2, -0.15) is 0 Å². The lowest BCUT2D eigenvalue weighted by Gasteiger charge is -2.10. The van der Waals surface area contributed by atoms with E-state index in [9.17, 15) is 0 Å². The Labute approximate surface area is 104 Å². The molecule has 0 spiro atoms. The number of thiocarbonyl (C=S) groups is 1. The normalized spacial score (nSPS) is 12.4. The summed E-state index contributed by atoms with van der Waals surface area (Å²) >= 11 is 4.77. The van der Waals surface area contributed by atoms with Crippen LogP contribution in [0.2, 0.25) is 0 Å². The summed E-state index contributed by atoms with van der Waals surface area (Å²) in [6.45, 7) is 0. The van der Waals surface area contributed by atoms with E-state index in [-0.39, 0.29) is 5.11 Å². The molecule has 0 atom stereocenters. The van der Waals surface area contributed by atoms with Gasteiger partial charge in [-0.3, -0.25) is 10.9 Å². The molecule has 0 aliphatic heterocycles. The minimum absolute atomic E-state index is 0.231. The van der Waals surface area contributed by atoms with E-state index in [0.29, 0.717) is 0 Å². The van der Waals surface area contributed by atoms with Gasteiger partial charge in [-0.1, -0.05) is 36.4 Å². The molecule has 1 aliphatic rings. The number of hydrogen-bond acceptors (Lipinski definition) is 2. The summed E-state index contributed by atoms with van der Waals surface area (Å²) in [6, 6.07) is 12.5. The topological polar surface area (TPSA) is 50.1 Å². The van der Waals surface area contributed by atoms with Gasteiger partial charge in [0.25, 0.3) is 0 Å². The predicted molar refractivity (Wildman–Crippen MR) is 74.9 cm³/mol. The van der Waals surface area contributed by atoms with Crippen LogP contribution in [0, 0.1) is 0 Å². The van der Waals surface area contributed by atoms with Gasteiger partial charge in [0.05, 0.1) is 5.70 Å². The Hall–Kier alpha value is -2.07. The molecule has 84 valence electrons. The lowest BCUT2D eigenvalue weighted by molar-refractivity contribution is 0.849. The molecule has 17 heavy (non-hydrogen) atoms. The SMILES string of the molecule is NC(=S)NNC1=Cc2cccc3cccc1c23. The van der Waals surface area contributed by atoms with Crippen molar-refractivity contribution in [3.63, 3.8) is 0 Å². The van der Waals surface area contributed by atoms with Crippen LogP contribution in [0.15, 0.2) is 36.4 Å². The van der Waals surface area contributed by atoms with Crippen LogP contribution in [0.25, 0.3) is 22.5 Å². The maximum absolute atomic E-state index is 5.40. The summed E-state index contributed by atoms with van der Waals surface area (Å²) < 4.78 is 0. The van der Waals surface area contributed by atoms with Gasteiger partial charge in [0.1, 0.15) is 0 Å². The Morgan fingerprint density at radius 3 is 2.65 bits per heavy atom. The molecular weight excluding hydrogens is 230 g/mol. The van der Waals surface area contributed by atoms with Gasteiger partial charge in [0.15, 0.2) is 5.11 Å². The zero-order valence-electron chi connectivity index (χ0n) is 9.03. The lowest BCUT2D eigenvalue weighted by Crippen LogP contribution is -2.39. The van der Waals surface area contributed by atoms with Crippen molar-refractivity contribution in [1.29, 1.82) is 0 Å². The molecule has 1 aliphatic carbocycles. The molecule has 0 heterocycles. The number of rotatable bonds is 2. The minimum atomic E-state index is 0.231. The fourth-order valence-electron chi connectivity index (χ4n) is 2.18. The average molecular weight is 241 g/mol. The summed E-state index contributed by atoms with van der Waals surface area (Å²) in [6.07, 6.45) is 2.09. The number of nitrogens with two attached hydrogens (primary N) is 1. The molecule has 2 aromatic rings. The fourth-order valence-corrected chi connectivity index (χ4v) is 2.23. The molecule has 4 N–H and O–H groups in total. The van der Waals surface area contributed by atoms with E-state index in [1.807, 2.05) is 6.07 Å². The molecule has 0 unspecified atom stereocenters. The molecule has 4 heteroatoms. The zero-order chi connectivity index (χ0) is 11.8. The number of nitrogens with one attached hydrogen (secondary N) is 2. The fraction of sp³-hybridized carbons (Fsp3) is 0. The second-order valence-corrected chi connectivity index (χ2v) is 4.36. The van der Waals surface area contributed by atoms with Crippen LogP contribution >= 0.6 is 12.2 Å². The lowest BCUT2D eigenvalue weighted by atomic mass is 10.0. The Morgan fingerprint density at radius 2 is 1.88 bits per heavy atom. The van der Waals surface area contributed by atoms with Crippen molar-refractivity contribution < 1.29 is 0 Å². The van der Waals surface area contributed by atoms with Gasteiger partial charge in [-0.25, -0.2) is 0 Å². The highest BCUT2D eigenvalue weighted by Gasteiger charge is 2.15. The standard InChI is InChI=1S/C13H11N3S/c14-13(17)16-15-11-7-9-5-1-3-8-4-2-6-10(11)12(8)9/h1-7,15H,(H3,14,16,17). The highest BCUT2D eigenvalue weighted by molar-refractivity contribution is 7.80. The van der Waals surface area contributed by atoms with E-state index in [0.717, 1.165) is 5.70 Å². The van der Waals surface area contributed by atoms with Gasteiger partial charge >= 0.3 is 0 Å². The molecule has 2 aromatic carbocycles. The number of benzene rings is 2. The van der Waals surface area contributed by atoms with Crippen molar-refractivity contribution in [3.05, 3.63) is 47.5 Å². The highest BCUT2D eigenvalue weighted by atomic mass is 32.1. The molecule has 0 bridgehead atoms. The van der Waals surface area contributed by atoms with Crippen molar-refractivity contribution in [1.82, 2.24) is 10.9 Å². The van der Waals surface area contributed by atoms with E-state index in [1.165, 1.54) is 21.9 Å². The first-order valence-corrected chi connectivity index (χ1v) is 5.72. The average Bonchev–Trinajstić information content (AvgIpc) is 2.68. The third kappa shape index (κ3) is 1.62. The van der Waals surface area contributed by atoms with Crippen LogP contribution in [0.4, 0.5) is 0 Å². The van der Waals surface area contributed by atoms with Crippen molar-refractivity contribution in [2.75, 3.05) is 0 Å². The Balaban J connectivity index is 2.08. The van der Waals surface area contributed by atoms with E-state index >= 15 is 0 Å². The minimum Gasteiger partial charge on any atom is -0.375 e. The molecule has 0 saturated carbocycles. The maximum atomic E-state index is 5.40. The first kappa shape index (κ1) is 10.1. The summed E-state index contributed by atoms with van der Waals surface area (Å²) in [5.41, 5.74) is 14.6. The second kappa shape index (κ2) is 3.75. The Bertz CT molecular complexity index is 641. The third-order valence-corrected chi connectivity index (χ3v) is 2.95. The molecule has 0 radical (unpaired) electrons. The summed E-state index contributed by atoms with van der Waals surface area (Å²) in [7, 11) is 0.